The van der Waals surface area contributed by atoms with Gasteiger partial charge in [0.25, 0.3) is 10.1 Å². The van der Waals surface area contributed by atoms with E-state index in [1.807, 2.05) is 0 Å². The van der Waals surface area contributed by atoms with E-state index >= 15 is 0 Å². The molecule has 5 nitrogen and oxygen atoms in total. The first-order valence-corrected chi connectivity index (χ1v) is 5.01. The molecule has 0 unspecified atom stereocenters. The van der Waals surface area contributed by atoms with Gasteiger partial charge in [-0.3, -0.25) is 16.2 Å². The Labute approximate surface area is 77.1 Å². The number of nitrogens with two attached hydrogens (primary N) is 2. The van der Waals surface area contributed by atoms with Gasteiger partial charge >= 0.3 is 0 Å². The largest absolute Gasteiger partial charge is 0.285 e. The zero-order chi connectivity index (χ0) is 10.3. The van der Waals surface area contributed by atoms with Crippen LogP contribution >= 0.6 is 0 Å². The molecule has 0 aliphatic rings. The molecule has 0 bridgehead atoms. The Bertz CT molecular complexity index is 323. The van der Waals surface area contributed by atoms with Crippen LogP contribution in [0.5, 0.6) is 0 Å². The maximum atomic E-state index is 10.4. The summed E-state index contributed by atoms with van der Waals surface area (Å²) in [4.78, 5) is 0. The molecule has 0 aromatic heterocycles. The average Bonchev–Trinajstić information content (AvgIpc) is 2.07. The highest BCUT2D eigenvalue weighted by Gasteiger charge is 2.04. The zero-order valence-electron chi connectivity index (χ0n) is 6.92. The molecule has 0 amide bonds. The lowest BCUT2D eigenvalue weighted by Crippen LogP contribution is -2.02. The molecule has 0 aliphatic carbocycles. The standard InChI is InChI=1S/C7H8O3S.H4N2/c8-11(9,10)6-7-4-2-1-3-5-7;1-2/h1-5H,6H2,(H,8,9,10);1-2H2. The summed E-state index contributed by atoms with van der Waals surface area (Å²) in [5.74, 6) is 7.69. The summed E-state index contributed by atoms with van der Waals surface area (Å²) in [6.07, 6.45) is 0. The van der Waals surface area contributed by atoms with Crippen LogP contribution in [0.15, 0.2) is 30.3 Å². The molecular formula is C7H12N2O3S. The summed E-state index contributed by atoms with van der Waals surface area (Å²) < 4.78 is 29.2. The van der Waals surface area contributed by atoms with Gasteiger partial charge in [0.15, 0.2) is 0 Å². The minimum absolute atomic E-state index is 0.312. The van der Waals surface area contributed by atoms with Gasteiger partial charge in [0.05, 0.1) is 0 Å². The monoisotopic (exact) mass is 204 g/mol. The van der Waals surface area contributed by atoms with Crippen LogP contribution < -0.4 is 11.7 Å². The second-order valence-corrected chi connectivity index (χ2v) is 3.66. The van der Waals surface area contributed by atoms with Gasteiger partial charge in [0.2, 0.25) is 0 Å². The molecule has 5 N–H and O–H groups in total. The third-order valence-electron chi connectivity index (χ3n) is 1.19. The highest BCUT2D eigenvalue weighted by Crippen LogP contribution is 2.02. The van der Waals surface area contributed by atoms with Crippen LogP contribution in [-0.4, -0.2) is 13.0 Å². The van der Waals surface area contributed by atoms with Gasteiger partial charge in [-0.1, -0.05) is 30.3 Å². The molecule has 0 heterocycles. The van der Waals surface area contributed by atoms with E-state index in [1.54, 1.807) is 30.3 Å². The van der Waals surface area contributed by atoms with Crippen LogP contribution in [-0.2, 0) is 15.9 Å². The van der Waals surface area contributed by atoms with Crippen molar-refractivity contribution in [2.24, 2.45) is 11.7 Å². The van der Waals surface area contributed by atoms with Crippen molar-refractivity contribution in [2.75, 3.05) is 0 Å². The second-order valence-electron chi connectivity index (χ2n) is 2.21. The lowest BCUT2D eigenvalue weighted by Gasteiger charge is -1.95. The Morgan fingerprint density at radius 1 is 1.15 bits per heavy atom. The molecule has 0 fully saturated rings. The average molecular weight is 204 g/mol. The van der Waals surface area contributed by atoms with Crippen LogP contribution in [0, 0.1) is 0 Å². The summed E-state index contributed by atoms with van der Waals surface area (Å²) in [5, 5.41) is 0. The van der Waals surface area contributed by atoms with E-state index in [-0.39, 0.29) is 5.75 Å². The first-order chi connectivity index (χ1) is 6.08. The number of benzene rings is 1. The van der Waals surface area contributed by atoms with Crippen molar-refractivity contribution in [2.45, 2.75) is 5.75 Å². The Balaban J connectivity index is 0.000000671. The SMILES string of the molecule is NN.O=S(=O)(O)Cc1ccccc1. The molecule has 1 aromatic carbocycles. The number of hydrogen-bond donors (Lipinski definition) is 3. The van der Waals surface area contributed by atoms with Gasteiger partial charge in [-0.15, -0.1) is 0 Å². The van der Waals surface area contributed by atoms with Crippen molar-refractivity contribution in [3.05, 3.63) is 35.9 Å². The van der Waals surface area contributed by atoms with Crippen LogP contribution in [0.3, 0.4) is 0 Å². The minimum atomic E-state index is -3.88. The van der Waals surface area contributed by atoms with E-state index in [2.05, 4.69) is 11.7 Å². The third kappa shape index (κ3) is 6.23. The maximum absolute atomic E-state index is 10.4. The van der Waals surface area contributed by atoms with Crippen molar-refractivity contribution in [1.29, 1.82) is 0 Å². The molecule has 1 aromatic rings. The van der Waals surface area contributed by atoms with Crippen molar-refractivity contribution < 1.29 is 13.0 Å². The molecular weight excluding hydrogens is 192 g/mol. The van der Waals surface area contributed by atoms with E-state index in [0.717, 1.165) is 0 Å². The molecule has 0 saturated heterocycles. The topological polar surface area (TPSA) is 106 Å². The van der Waals surface area contributed by atoms with Crippen LogP contribution in [0.1, 0.15) is 5.56 Å². The molecule has 0 spiro atoms. The predicted octanol–water partition coefficient (Wildman–Crippen LogP) is -0.107. The third-order valence-corrected chi connectivity index (χ3v) is 1.89. The van der Waals surface area contributed by atoms with Gasteiger partial charge < -0.3 is 0 Å². The summed E-state index contributed by atoms with van der Waals surface area (Å²) in [5.41, 5.74) is 0.593. The van der Waals surface area contributed by atoms with E-state index in [9.17, 15) is 8.42 Å². The Kier molecular flexibility index (Phi) is 5.24. The first kappa shape index (κ1) is 12.0. The molecule has 6 heteroatoms. The lowest BCUT2D eigenvalue weighted by molar-refractivity contribution is 0.482. The van der Waals surface area contributed by atoms with Gasteiger partial charge in [-0.05, 0) is 5.56 Å². The van der Waals surface area contributed by atoms with Gasteiger partial charge in [0.1, 0.15) is 5.75 Å². The van der Waals surface area contributed by atoms with Crippen LogP contribution in [0.25, 0.3) is 0 Å². The molecule has 0 aliphatic heterocycles. The number of hydrogen-bond acceptors (Lipinski definition) is 4. The highest BCUT2D eigenvalue weighted by molar-refractivity contribution is 7.85. The number of hydrazine groups is 1. The zero-order valence-corrected chi connectivity index (χ0v) is 7.74. The minimum Gasteiger partial charge on any atom is -0.285 e. The van der Waals surface area contributed by atoms with Crippen LogP contribution in [0.2, 0.25) is 0 Å². The highest BCUT2D eigenvalue weighted by atomic mass is 32.2. The Hall–Kier alpha value is -0.950. The summed E-state index contributed by atoms with van der Waals surface area (Å²) in [6, 6.07) is 8.52. The fourth-order valence-electron chi connectivity index (χ4n) is 0.785. The van der Waals surface area contributed by atoms with Crippen molar-refractivity contribution >= 4 is 10.1 Å². The summed E-state index contributed by atoms with van der Waals surface area (Å²) >= 11 is 0. The molecule has 13 heavy (non-hydrogen) atoms. The fraction of sp³-hybridized carbons (Fsp3) is 0.143. The summed E-state index contributed by atoms with van der Waals surface area (Å²) in [6.45, 7) is 0. The van der Waals surface area contributed by atoms with Crippen molar-refractivity contribution in [3.8, 4) is 0 Å². The van der Waals surface area contributed by atoms with Gasteiger partial charge in [-0.2, -0.15) is 8.42 Å². The van der Waals surface area contributed by atoms with Gasteiger partial charge in [-0.25, -0.2) is 0 Å². The van der Waals surface area contributed by atoms with E-state index in [4.69, 9.17) is 4.55 Å². The molecule has 1 rings (SSSR count). The van der Waals surface area contributed by atoms with E-state index in [0.29, 0.717) is 5.56 Å². The van der Waals surface area contributed by atoms with Crippen LogP contribution in [0.4, 0.5) is 0 Å². The van der Waals surface area contributed by atoms with E-state index < -0.39 is 10.1 Å². The quantitative estimate of drug-likeness (QED) is 0.354. The van der Waals surface area contributed by atoms with Gasteiger partial charge in [0, 0.05) is 0 Å². The molecule has 0 radical (unpaired) electrons. The van der Waals surface area contributed by atoms with Crippen molar-refractivity contribution in [1.82, 2.24) is 0 Å². The maximum Gasteiger partial charge on any atom is 0.269 e. The number of rotatable bonds is 2. The van der Waals surface area contributed by atoms with Crippen molar-refractivity contribution in [3.63, 3.8) is 0 Å². The predicted molar refractivity (Wildman–Crippen MR) is 50.1 cm³/mol. The second kappa shape index (κ2) is 5.65. The smallest absolute Gasteiger partial charge is 0.269 e. The molecule has 0 saturated carbocycles. The lowest BCUT2D eigenvalue weighted by atomic mass is 10.2. The molecule has 74 valence electrons. The molecule has 0 atom stereocenters. The Morgan fingerprint density at radius 3 is 2.00 bits per heavy atom. The Morgan fingerprint density at radius 2 is 1.62 bits per heavy atom. The first-order valence-electron chi connectivity index (χ1n) is 3.40. The summed E-state index contributed by atoms with van der Waals surface area (Å²) in [7, 11) is -3.88. The normalized spacial score (nSPS) is 10.1. The fourth-order valence-corrected chi connectivity index (χ4v) is 1.40. The van der Waals surface area contributed by atoms with E-state index in [1.165, 1.54) is 0 Å².